The first-order chi connectivity index (χ1) is 9.17. The molecule has 1 unspecified atom stereocenters. The standard InChI is InChI=1S/C15H21NO3/c1-4-16-15(14(17)19-3)9-5-6-11-10-12(18-2)7-8-13(11)15/h7-8,10,16H,4-6,9H2,1-3H3. The molecule has 0 saturated carbocycles. The number of carbonyl (C=O) groups excluding carboxylic acids is 1. The molecule has 1 aromatic rings. The van der Waals surface area contributed by atoms with Crippen LogP contribution in [0.5, 0.6) is 5.75 Å². The molecule has 0 spiro atoms. The number of fused-ring (bicyclic) bond motifs is 1. The van der Waals surface area contributed by atoms with Gasteiger partial charge in [-0.2, -0.15) is 0 Å². The third-order valence-corrected chi connectivity index (χ3v) is 3.78. The fourth-order valence-corrected chi connectivity index (χ4v) is 2.94. The van der Waals surface area contributed by atoms with Gasteiger partial charge in [0.05, 0.1) is 14.2 Å². The molecular weight excluding hydrogens is 242 g/mol. The van der Waals surface area contributed by atoms with Gasteiger partial charge in [0, 0.05) is 0 Å². The molecule has 0 bridgehead atoms. The number of methoxy groups -OCH3 is 2. The van der Waals surface area contributed by atoms with Gasteiger partial charge in [-0.3, -0.25) is 5.32 Å². The number of likely N-dealkylation sites (N-methyl/N-ethyl adjacent to an activating group) is 1. The normalized spacial score (nSPS) is 21.6. The van der Waals surface area contributed by atoms with Gasteiger partial charge in [-0.05, 0) is 49.1 Å². The van der Waals surface area contributed by atoms with Gasteiger partial charge in [0.25, 0.3) is 0 Å². The number of hydrogen-bond acceptors (Lipinski definition) is 4. The summed E-state index contributed by atoms with van der Waals surface area (Å²) >= 11 is 0. The molecule has 1 aromatic carbocycles. The van der Waals surface area contributed by atoms with E-state index in [4.69, 9.17) is 9.47 Å². The second kappa shape index (κ2) is 5.61. The van der Waals surface area contributed by atoms with Gasteiger partial charge in [0.2, 0.25) is 0 Å². The first-order valence-electron chi connectivity index (χ1n) is 6.68. The molecule has 4 nitrogen and oxygen atoms in total. The lowest BCUT2D eigenvalue weighted by molar-refractivity contribution is -0.150. The summed E-state index contributed by atoms with van der Waals surface area (Å²) < 4.78 is 10.3. The number of esters is 1. The zero-order chi connectivity index (χ0) is 13.9. The van der Waals surface area contributed by atoms with Crippen LogP contribution in [0.4, 0.5) is 0 Å². The largest absolute Gasteiger partial charge is 0.497 e. The summed E-state index contributed by atoms with van der Waals surface area (Å²) in [5, 5.41) is 3.33. The van der Waals surface area contributed by atoms with E-state index in [0.29, 0.717) is 0 Å². The van der Waals surface area contributed by atoms with Gasteiger partial charge in [0.1, 0.15) is 11.3 Å². The minimum atomic E-state index is -0.705. The van der Waals surface area contributed by atoms with E-state index >= 15 is 0 Å². The van der Waals surface area contributed by atoms with Gasteiger partial charge in [-0.15, -0.1) is 0 Å². The monoisotopic (exact) mass is 263 g/mol. The van der Waals surface area contributed by atoms with Crippen molar-refractivity contribution < 1.29 is 14.3 Å². The summed E-state index contributed by atoms with van der Waals surface area (Å²) in [5.41, 5.74) is 1.48. The van der Waals surface area contributed by atoms with Crippen molar-refractivity contribution in [2.75, 3.05) is 20.8 Å². The number of benzene rings is 1. The fourth-order valence-electron chi connectivity index (χ4n) is 2.94. The van der Waals surface area contributed by atoms with Crippen LogP contribution in [0.2, 0.25) is 0 Å². The second-order valence-electron chi connectivity index (χ2n) is 4.80. The smallest absolute Gasteiger partial charge is 0.330 e. The average Bonchev–Trinajstić information content (AvgIpc) is 2.46. The van der Waals surface area contributed by atoms with E-state index in [1.54, 1.807) is 7.11 Å². The predicted molar refractivity (Wildman–Crippen MR) is 73.3 cm³/mol. The molecule has 0 aromatic heterocycles. The van der Waals surface area contributed by atoms with E-state index in [0.717, 1.165) is 42.7 Å². The lowest BCUT2D eigenvalue weighted by Gasteiger charge is -2.37. The second-order valence-corrected chi connectivity index (χ2v) is 4.80. The van der Waals surface area contributed by atoms with Crippen LogP contribution in [0.1, 0.15) is 30.9 Å². The molecule has 0 saturated heterocycles. The Hall–Kier alpha value is -1.55. The van der Waals surface area contributed by atoms with Gasteiger partial charge in [0.15, 0.2) is 0 Å². The predicted octanol–water partition coefficient (Wildman–Crippen LogP) is 2.01. The Kier molecular flexibility index (Phi) is 4.10. The Labute approximate surface area is 114 Å². The highest BCUT2D eigenvalue weighted by molar-refractivity contribution is 5.83. The van der Waals surface area contributed by atoms with Crippen molar-refractivity contribution in [3.05, 3.63) is 29.3 Å². The minimum Gasteiger partial charge on any atom is -0.497 e. The third kappa shape index (κ3) is 2.32. The van der Waals surface area contributed by atoms with E-state index in [9.17, 15) is 4.79 Å². The van der Waals surface area contributed by atoms with Crippen LogP contribution in [-0.2, 0) is 21.5 Å². The Morgan fingerprint density at radius 3 is 2.84 bits per heavy atom. The molecule has 4 heteroatoms. The maximum atomic E-state index is 12.3. The molecule has 0 aliphatic heterocycles. The van der Waals surface area contributed by atoms with E-state index in [2.05, 4.69) is 5.32 Å². The fraction of sp³-hybridized carbons (Fsp3) is 0.533. The first kappa shape index (κ1) is 13.9. The van der Waals surface area contributed by atoms with Crippen LogP contribution in [0.15, 0.2) is 18.2 Å². The summed E-state index contributed by atoms with van der Waals surface area (Å²) in [5.74, 6) is 0.622. The number of hydrogen-bond donors (Lipinski definition) is 1. The summed E-state index contributed by atoms with van der Waals surface area (Å²) in [6.07, 6.45) is 2.70. The van der Waals surface area contributed by atoms with Crippen molar-refractivity contribution in [3.63, 3.8) is 0 Å². The van der Waals surface area contributed by atoms with E-state index in [1.165, 1.54) is 7.11 Å². The number of nitrogens with one attached hydrogen (secondary N) is 1. The van der Waals surface area contributed by atoms with E-state index in [1.807, 2.05) is 25.1 Å². The van der Waals surface area contributed by atoms with Crippen molar-refractivity contribution in [1.82, 2.24) is 5.32 Å². The Morgan fingerprint density at radius 2 is 2.21 bits per heavy atom. The summed E-state index contributed by atoms with van der Waals surface area (Å²) in [4.78, 5) is 12.3. The summed E-state index contributed by atoms with van der Waals surface area (Å²) in [6, 6.07) is 5.90. The van der Waals surface area contributed by atoms with Crippen molar-refractivity contribution in [1.29, 1.82) is 0 Å². The van der Waals surface area contributed by atoms with Crippen molar-refractivity contribution in [2.45, 2.75) is 31.7 Å². The molecule has 1 aliphatic rings. The summed E-state index contributed by atoms with van der Waals surface area (Å²) in [7, 11) is 3.10. The Bertz CT molecular complexity index is 472. The molecule has 1 aliphatic carbocycles. The van der Waals surface area contributed by atoms with Crippen LogP contribution in [-0.4, -0.2) is 26.7 Å². The molecule has 2 rings (SSSR count). The first-order valence-corrected chi connectivity index (χ1v) is 6.68. The van der Waals surface area contributed by atoms with Crippen molar-refractivity contribution >= 4 is 5.97 Å². The highest BCUT2D eigenvalue weighted by Gasteiger charge is 2.43. The Morgan fingerprint density at radius 1 is 1.42 bits per heavy atom. The maximum Gasteiger partial charge on any atom is 0.330 e. The molecule has 0 fully saturated rings. The SMILES string of the molecule is CCNC1(C(=O)OC)CCCc2cc(OC)ccc21. The Balaban J connectivity index is 2.51. The quantitative estimate of drug-likeness (QED) is 0.844. The zero-order valence-electron chi connectivity index (χ0n) is 11.8. The molecule has 0 heterocycles. The van der Waals surface area contributed by atoms with Crippen LogP contribution >= 0.6 is 0 Å². The van der Waals surface area contributed by atoms with Gasteiger partial charge in [-0.25, -0.2) is 4.79 Å². The highest BCUT2D eigenvalue weighted by Crippen LogP contribution is 2.37. The highest BCUT2D eigenvalue weighted by atomic mass is 16.5. The maximum absolute atomic E-state index is 12.3. The van der Waals surface area contributed by atoms with Crippen LogP contribution in [0.3, 0.4) is 0 Å². The number of carbonyl (C=O) groups is 1. The third-order valence-electron chi connectivity index (χ3n) is 3.78. The van der Waals surface area contributed by atoms with Crippen molar-refractivity contribution in [2.24, 2.45) is 0 Å². The lowest BCUT2D eigenvalue weighted by Crippen LogP contribution is -2.51. The zero-order valence-corrected chi connectivity index (χ0v) is 11.8. The minimum absolute atomic E-state index is 0.208. The average molecular weight is 263 g/mol. The van der Waals surface area contributed by atoms with Crippen molar-refractivity contribution in [3.8, 4) is 5.75 Å². The topological polar surface area (TPSA) is 47.6 Å². The molecule has 1 N–H and O–H groups in total. The van der Waals surface area contributed by atoms with Crippen LogP contribution < -0.4 is 10.1 Å². The number of aryl methyl sites for hydroxylation is 1. The van der Waals surface area contributed by atoms with E-state index < -0.39 is 5.54 Å². The summed E-state index contributed by atoms with van der Waals surface area (Å²) in [6.45, 7) is 2.73. The molecule has 0 amide bonds. The molecule has 104 valence electrons. The molecule has 0 radical (unpaired) electrons. The van der Waals surface area contributed by atoms with Crippen LogP contribution in [0, 0.1) is 0 Å². The molecular formula is C15H21NO3. The van der Waals surface area contributed by atoms with Gasteiger partial charge in [-0.1, -0.05) is 13.0 Å². The van der Waals surface area contributed by atoms with E-state index in [-0.39, 0.29) is 5.97 Å². The molecule has 1 atom stereocenters. The van der Waals surface area contributed by atoms with Crippen LogP contribution in [0.25, 0.3) is 0 Å². The van der Waals surface area contributed by atoms with Gasteiger partial charge >= 0.3 is 5.97 Å². The van der Waals surface area contributed by atoms with Gasteiger partial charge < -0.3 is 9.47 Å². The number of rotatable bonds is 4. The molecule has 19 heavy (non-hydrogen) atoms. The number of ether oxygens (including phenoxy) is 2. The lowest BCUT2D eigenvalue weighted by atomic mass is 9.76.